The SMILES string of the molecule is CCCCCCCCCCCCCCCCCCCCCCC(=O)OC(COCCCCCCCCCCCCCCCC)COP(=O)([O-])OCC[N+](C)(C)C. The number of carbonyl (C=O) groups excluding carboxylic acids is 1. The fourth-order valence-electron chi connectivity index (χ4n) is 7.14. The minimum Gasteiger partial charge on any atom is -0.756 e. The number of phosphoric ester groups is 1. The molecule has 0 rings (SSSR count). The van der Waals surface area contributed by atoms with E-state index in [1.165, 1.54) is 186 Å². The van der Waals surface area contributed by atoms with Crippen LogP contribution in [-0.2, 0) is 27.9 Å². The van der Waals surface area contributed by atoms with E-state index in [9.17, 15) is 14.3 Å². The quantitative estimate of drug-likeness (QED) is 0.0261. The first-order chi connectivity index (χ1) is 27.1. The number of unbranched alkanes of at least 4 members (excludes halogenated alkanes) is 32. The van der Waals surface area contributed by atoms with E-state index in [2.05, 4.69) is 13.8 Å². The predicted octanol–water partition coefficient (Wildman–Crippen LogP) is 13.8. The third kappa shape index (κ3) is 44.6. The number of hydrogen-bond donors (Lipinski definition) is 0. The molecule has 0 amide bonds. The van der Waals surface area contributed by atoms with E-state index in [4.69, 9.17) is 18.5 Å². The number of carbonyl (C=O) groups is 1. The summed E-state index contributed by atoms with van der Waals surface area (Å²) in [5, 5.41) is 0. The van der Waals surface area contributed by atoms with Crippen molar-refractivity contribution in [3.8, 4) is 0 Å². The highest BCUT2D eigenvalue weighted by atomic mass is 31.2. The maximum Gasteiger partial charge on any atom is 0.306 e. The molecule has 56 heavy (non-hydrogen) atoms. The van der Waals surface area contributed by atoms with Crippen molar-refractivity contribution >= 4 is 13.8 Å². The molecular formula is C47H96NO7P. The normalized spacial score (nSPS) is 13.6. The lowest BCUT2D eigenvalue weighted by Gasteiger charge is -2.28. The maximum atomic E-state index is 12.7. The van der Waals surface area contributed by atoms with Gasteiger partial charge in [0, 0.05) is 13.0 Å². The lowest BCUT2D eigenvalue weighted by atomic mass is 10.0. The summed E-state index contributed by atoms with van der Waals surface area (Å²) in [6.45, 7) is 5.48. The topological polar surface area (TPSA) is 94.1 Å². The minimum absolute atomic E-state index is 0.0315. The molecule has 0 aliphatic carbocycles. The van der Waals surface area contributed by atoms with Crippen molar-refractivity contribution in [3.63, 3.8) is 0 Å². The Morgan fingerprint density at radius 1 is 0.482 bits per heavy atom. The summed E-state index contributed by atoms with van der Waals surface area (Å²) in [7, 11) is 1.38. The second-order valence-electron chi connectivity index (χ2n) is 17.8. The zero-order valence-corrected chi connectivity index (χ0v) is 39.0. The van der Waals surface area contributed by atoms with Crippen LogP contribution in [0.15, 0.2) is 0 Å². The van der Waals surface area contributed by atoms with Crippen LogP contribution in [0.2, 0.25) is 0 Å². The Kier molecular flexibility index (Phi) is 40.9. The predicted molar refractivity (Wildman–Crippen MR) is 236 cm³/mol. The van der Waals surface area contributed by atoms with Gasteiger partial charge in [-0.25, -0.2) is 0 Å². The second-order valence-corrected chi connectivity index (χ2v) is 19.3. The van der Waals surface area contributed by atoms with Crippen molar-refractivity contribution in [1.29, 1.82) is 0 Å². The first-order valence-electron chi connectivity index (χ1n) is 24.3. The van der Waals surface area contributed by atoms with Crippen LogP contribution in [0, 0.1) is 0 Å². The monoisotopic (exact) mass is 818 g/mol. The molecule has 0 spiro atoms. The molecule has 0 N–H and O–H groups in total. The highest BCUT2D eigenvalue weighted by Crippen LogP contribution is 2.38. The maximum absolute atomic E-state index is 12.7. The van der Waals surface area contributed by atoms with Gasteiger partial charge in [0.2, 0.25) is 0 Å². The van der Waals surface area contributed by atoms with Gasteiger partial charge in [0.05, 0.1) is 34.4 Å². The molecule has 0 aromatic carbocycles. The first kappa shape index (κ1) is 55.5. The molecule has 0 bridgehead atoms. The van der Waals surface area contributed by atoms with E-state index in [1.54, 1.807) is 0 Å². The van der Waals surface area contributed by atoms with Gasteiger partial charge in [-0.1, -0.05) is 219 Å². The minimum atomic E-state index is -4.52. The number of phosphoric acid groups is 1. The van der Waals surface area contributed by atoms with Gasteiger partial charge < -0.3 is 27.9 Å². The Morgan fingerprint density at radius 2 is 0.821 bits per heavy atom. The third-order valence-corrected chi connectivity index (χ3v) is 11.9. The van der Waals surface area contributed by atoms with Crippen LogP contribution >= 0.6 is 7.82 Å². The Labute approximate surface area is 348 Å². The summed E-state index contributed by atoms with van der Waals surface area (Å²) >= 11 is 0. The molecule has 2 atom stereocenters. The zero-order chi connectivity index (χ0) is 41.3. The smallest absolute Gasteiger partial charge is 0.306 e. The van der Waals surface area contributed by atoms with Gasteiger partial charge in [-0.15, -0.1) is 0 Å². The van der Waals surface area contributed by atoms with Crippen molar-refractivity contribution < 1.29 is 37.3 Å². The van der Waals surface area contributed by atoms with Gasteiger partial charge in [0.15, 0.2) is 0 Å². The average molecular weight is 818 g/mol. The summed E-state index contributed by atoms with van der Waals surface area (Å²) in [5.74, 6) is -0.326. The average Bonchev–Trinajstić information content (AvgIpc) is 3.15. The number of rotatable bonds is 46. The standard InChI is InChI=1S/C47H96NO7P/c1-6-8-10-12-14-16-18-20-22-23-24-25-26-27-28-30-32-34-36-38-40-47(49)55-46(45-54-56(50,51)53-43-41-48(3,4)5)44-52-42-39-37-35-33-31-29-21-19-17-15-13-11-9-7-2/h46H,6-45H2,1-5H3. The summed E-state index contributed by atoms with van der Waals surface area (Å²) in [6.07, 6.45) is 44.0. The number of ether oxygens (including phenoxy) is 2. The molecule has 0 heterocycles. The molecule has 0 radical (unpaired) electrons. The third-order valence-electron chi connectivity index (χ3n) is 10.9. The fourth-order valence-corrected chi connectivity index (χ4v) is 7.87. The molecule has 0 saturated heterocycles. The fraction of sp³-hybridized carbons (Fsp3) is 0.979. The van der Waals surface area contributed by atoms with E-state index >= 15 is 0 Å². The van der Waals surface area contributed by atoms with Crippen molar-refractivity contribution in [2.45, 2.75) is 245 Å². The molecule has 0 saturated carbocycles. The zero-order valence-electron chi connectivity index (χ0n) is 38.1. The van der Waals surface area contributed by atoms with Crippen LogP contribution in [-0.4, -0.2) is 70.7 Å². The van der Waals surface area contributed by atoms with Gasteiger partial charge in [-0.3, -0.25) is 9.36 Å². The van der Waals surface area contributed by atoms with Gasteiger partial charge >= 0.3 is 5.97 Å². The van der Waals surface area contributed by atoms with Gasteiger partial charge in [0.25, 0.3) is 7.82 Å². The van der Waals surface area contributed by atoms with Gasteiger partial charge in [0.1, 0.15) is 19.3 Å². The molecule has 8 nitrogen and oxygen atoms in total. The van der Waals surface area contributed by atoms with E-state index in [0.29, 0.717) is 24.1 Å². The van der Waals surface area contributed by atoms with E-state index < -0.39 is 13.9 Å². The number of quaternary nitrogens is 1. The van der Waals surface area contributed by atoms with E-state index in [1.807, 2.05) is 21.1 Å². The number of esters is 1. The Balaban J connectivity index is 4.10. The van der Waals surface area contributed by atoms with Gasteiger partial charge in [-0.05, 0) is 12.8 Å². The highest BCUT2D eigenvalue weighted by molar-refractivity contribution is 7.45. The lowest BCUT2D eigenvalue weighted by molar-refractivity contribution is -0.870. The molecule has 0 aromatic heterocycles. The number of hydrogen-bond acceptors (Lipinski definition) is 7. The summed E-state index contributed by atoms with van der Waals surface area (Å²) < 4.78 is 34.7. The molecule has 0 aromatic rings. The molecule has 2 unspecified atom stereocenters. The molecular weight excluding hydrogens is 721 g/mol. The van der Waals surface area contributed by atoms with Crippen LogP contribution in [0.25, 0.3) is 0 Å². The molecule has 9 heteroatoms. The summed E-state index contributed by atoms with van der Waals surface area (Å²) in [6, 6.07) is 0. The molecule has 0 aliphatic rings. The van der Waals surface area contributed by atoms with Gasteiger partial charge in [-0.2, -0.15) is 0 Å². The number of nitrogens with zero attached hydrogens (tertiary/aromatic N) is 1. The van der Waals surface area contributed by atoms with E-state index in [-0.39, 0.29) is 25.8 Å². The molecule has 0 fully saturated rings. The van der Waals surface area contributed by atoms with Crippen molar-refractivity contribution in [2.24, 2.45) is 0 Å². The highest BCUT2D eigenvalue weighted by Gasteiger charge is 2.20. The van der Waals surface area contributed by atoms with Crippen LogP contribution in [0.4, 0.5) is 0 Å². The van der Waals surface area contributed by atoms with Crippen molar-refractivity contribution in [3.05, 3.63) is 0 Å². The van der Waals surface area contributed by atoms with Crippen molar-refractivity contribution in [1.82, 2.24) is 0 Å². The van der Waals surface area contributed by atoms with Crippen LogP contribution in [0.3, 0.4) is 0 Å². The number of likely N-dealkylation sites (N-methyl/N-ethyl adjacent to an activating group) is 1. The lowest BCUT2D eigenvalue weighted by Crippen LogP contribution is -2.37. The Bertz CT molecular complexity index is 868. The van der Waals surface area contributed by atoms with Crippen molar-refractivity contribution in [2.75, 3.05) is 54.1 Å². The second kappa shape index (κ2) is 41.2. The Hall–Kier alpha value is -0.500. The van der Waals surface area contributed by atoms with Crippen LogP contribution < -0.4 is 4.89 Å². The van der Waals surface area contributed by atoms with E-state index in [0.717, 1.165) is 32.1 Å². The summed E-state index contributed by atoms with van der Waals surface area (Å²) in [5.41, 5.74) is 0. The molecule has 0 aliphatic heterocycles. The summed E-state index contributed by atoms with van der Waals surface area (Å²) in [4.78, 5) is 25.1. The first-order valence-corrected chi connectivity index (χ1v) is 25.7. The Morgan fingerprint density at radius 3 is 1.18 bits per heavy atom. The largest absolute Gasteiger partial charge is 0.756 e. The van der Waals surface area contributed by atoms with Crippen LogP contribution in [0.1, 0.15) is 239 Å². The molecule has 336 valence electrons. The van der Waals surface area contributed by atoms with Crippen LogP contribution in [0.5, 0.6) is 0 Å².